The predicted octanol–water partition coefficient (Wildman–Crippen LogP) is 0.858. The molecule has 2 aliphatic rings. The van der Waals surface area contributed by atoms with Gasteiger partial charge in [0.15, 0.2) is 6.23 Å². The third kappa shape index (κ3) is 3.16. The largest absolute Gasteiger partial charge is 0.474 e. The summed E-state index contributed by atoms with van der Waals surface area (Å²) in [5.74, 6) is 1.04. The number of benzene rings is 1. The molecule has 1 fully saturated rings. The molecule has 2 aliphatic heterocycles. The fourth-order valence-corrected chi connectivity index (χ4v) is 3.52. The maximum atomic E-state index is 11.6. The Kier molecular flexibility index (Phi) is 4.26. The second kappa shape index (κ2) is 5.94. The number of ether oxygens (including phenoxy) is 2. The molecule has 0 spiro atoms. The molecule has 0 saturated carbocycles. The summed E-state index contributed by atoms with van der Waals surface area (Å²) < 4.78 is 41.8. The Morgan fingerprint density at radius 2 is 2.00 bits per heavy atom. The van der Waals surface area contributed by atoms with Gasteiger partial charge in [-0.3, -0.25) is 4.90 Å². The number of morpholine rings is 1. The molecule has 1 atom stereocenters. The van der Waals surface area contributed by atoms with Crippen LogP contribution in [-0.4, -0.2) is 52.9 Å². The maximum Gasteiger partial charge on any atom is 0.382 e. The van der Waals surface area contributed by atoms with Crippen molar-refractivity contribution in [2.24, 2.45) is 0 Å². The van der Waals surface area contributed by atoms with Crippen molar-refractivity contribution in [3.05, 3.63) is 23.8 Å². The van der Waals surface area contributed by atoms with Gasteiger partial charge in [-0.1, -0.05) is 13.8 Å². The lowest BCUT2D eigenvalue weighted by molar-refractivity contribution is -0.0612. The van der Waals surface area contributed by atoms with E-state index in [9.17, 15) is 8.42 Å². The van der Waals surface area contributed by atoms with E-state index < -0.39 is 10.3 Å². The first-order valence-electron chi connectivity index (χ1n) is 7.59. The Labute approximate surface area is 136 Å². The van der Waals surface area contributed by atoms with Crippen molar-refractivity contribution in [1.82, 2.24) is 9.62 Å². The van der Waals surface area contributed by atoms with Crippen molar-refractivity contribution in [2.45, 2.75) is 25.5 Å². The first-order valence-corrected chi connectivity index (χ1v) is 9.00. The van der Waals surface area contributed by atoms with Crippen molar-refractivity contribution < 1.29 is 22.1 Å². The molecule has 7 nitrogen and oxygen atoms in total. The number of fused-ring (bicyclic) bond motifs is 1. The van der Waals surface area contributed by atoms with Gasteiger partial charge in [-0.2, -0.15) is 13.1 Å². The molecule has 0 aromatic heterocycles. The zero-order valence-corrected chi connectivity index (χ0v) is 14.4. The number of nitrogens with one attached hydrogen (secondary N) is 1. The topological polar surface area (TPSA) is 77.1 Å². The minimum absolute atomic E-state index is 0.0995. The van der Waals surface area contributed by atoms with Crippen LogP contribution in [0.25, 0.3) is 0 Å². The molecular weight excluding hydrogens is 320 g/mol. The van der Waals surface area contributed by atoms with E-state index in [-0.39, 0.29) is 17.4 Å². The van der Waals surface area contributed by atoms with Crippen molar-refractivity contribution in [1.29, 1.82) is 0 Å². The lowest BCUT2D eigenvalue weighted by Crippen LogP contribution is -2.52. The monoisotopic (exact) mass is 342 g/mol. The Morgan fingerprint density at radius 3 is 2.65 bits per heavy atom. The van der Waals surface area contributed by atoms with Crippen LogP contribution in [0.15, 0.2) is 18.2 Å². The number of hydrogen-bond donors (Lipinski definition) is 1. The van der Waals surface area contributed by atoms with Crippen LogP contribution in [-0.2, 0) is 20.5 Å². The van der Waals surface area contributed by atoms with Crippen molar-refractivity contribution in [3.8, 4) is 11.5 Å². The summed E-state index contributed by atoms with van der Waals surface area (Å²) in [6.45, 7) is 7.21. The first-order chi connectivity index (χ1) is 10.8. The highest BCUT2D eigenvalue weighted by Gasteiger charge is 2.45. The minimum atomic E-state index is -3.78. The zero-order valence-electron chi connectivity index (χ0n) is 13.5. The van der Waals surface area contributed by atoms with Crippen LogP contribution in [0, 0.1) is 0 Å². The van der Waals surface area contributed by atoms with Crippen LogP contribution in [0.2, 0.25) is 0 Å². The molecule has 1 unspecified atom stereocenters. The Morgan fingerprint density at radius 1 is 1.30 bits per heavy atom. The quantitative estimate of drug-likeness (QED) is 0.874. The first kappa shape index (κ1) is 16.5. The fourth-order valence-electron chi connectivity index (χ4n) is 3.08. The molecule has 0 bridgehead atoms. The van der Waals surface area contributed by atoms with Gasteiger partial charge in [-0.05, 0) is 18.2 Å². The third-order valence-corrected chi connectivity index (χ3v) is 5.25. The number of rotatable bonds is 4. The van der Waals surface area contributed by atoms with Crippen LogP contribution in [0.1, 0.15) is 19.4 Å². The lowest BCUT2D eigenvalue weighted by atomic mass is 9.83. The number of hydrogen-bond acceptors (Lipinski definition) is 6. The SMILES string of the molecule is CNS(=O)(=O)Oc1ccc2c(c1)C(C)(C)C(N1CCOCC1)O2. The molecule has 1 saturated heterocycles. The second-order valence-electron chi connectivity index (χ2n) is 6.24. The van der Waals surface area contributed by atoms with Crippen molar-refractivity contribution >= 4 is 10.3 Å². The molecule has 1 aromatic rings. The van der Waals surface area contributed by atoms with Gasteiger partial charge in [0, 0.05) is 31.1 Å². The molecule has 1 aromatic carbocycles. The van der Waals surface area contributed by atoms with Gasteiger partial charge in [0.05, 0.1) is 13.2 Å². The van der Waals surface area contributed by atoms with Crippen LogP contribution in [0.5, 0.6) is 11.5 Å². The van der Waals surface area contributed by atoms with E-state index >= 15 is 0 Å². The Hall–Kier alpha value is -1.35. The predicted molar refractivity (Wildman–Crippen MR) is 84.9 cm³/mol. The molecule has 0 radical (unpaired) electrons. The summed E-state index contributed by atoms with van der Waals surface area (Å²) in [5, 5.41) is 0. The summed E-state index contributed by atoms with van der Waals surface area (Å²) in [6, 6.07) is 5.11. The molecule has 2 heterocycles. The standard InChI is InChI=1S/C15H22N2O5S/c1-15(2)12-10-11(22-23(18,19)16-3)4-5-13(12)21-14(15)17-6-8-20-9-7-17/h4-5,10,14,16H,6-9H2,1-3H3. The molecule has 8 heteroatoms. The van der Waals surface area contributed by atoms with Gasteiger partial charge in [-0.15, -0.1) is 0 Å². The van der Waals surface area contributed by atoms with Crippen molar-refractivity contribution in [3.63, 3.8) is 0 Å². The molecular formula is C15H22N2O5S. The molecule has 1 N–H and O–H groups in total. The fraction of sp³-hybridized carbons (Fsp3) is 0.600. The minimum Gasteiger partial charge on any atom is -0.474 e. The van der Waals surface area contributed by atoms with Gasteiger partial charge in [0.2, 0.25) is 0 Å². The summed E-state index contributed by atoms with van der Waals surface area (Å²) in [5.41, 5.74) is 0.660. The van der Waals surface area contributed by atoms with Crippen LogP contribution < -0.4 is 13.6 Å². The average molecular weight is 342 g/mol. The van der Waals surface area contributed by atoms with E-state index in [1.807, 2.05) is 0 Å². The smallest absolute Gasteiger partial charge is 0.382 e. The van der Waals surface area contributed by atoms with E-state index in [2.05, 4.69) is 23.5 Å². The average Bonchev–Trinajstić information content (AvgIpc) is 2.79. The van der Waals surface area contributed by atoms with E-state index in [1.54, 1.807) is 18.2 Å². The van der Waals surface area contributed by atoms with Crippen LogP contribution >= 0.6 is 0 Å². The van der Waals surface area contributed by atoms with Gasteiger partial charge in [0.25, 0.3) is 0 Å². The molecule has 23 heavy (non-hydrogen) atoms. The van der Waals surface area contributed by atoms with E-state index in [0.717, 1.165) is 24.4 Å². The molecule has 0 amide bonds. The number of nitrogens with zero attached hydrogens (tertiary/aromatic N) is 1. The van der Waals surface area contributed by atoms with Gasteiger partial charge in [-0.25, -0.2) is 0 Å². The summed E-state index contributed by atoms with van der Waals surface area (Å²) in [7, 11) is -2.47. The van der Waals surface area contributed by atoms with Crippen LogP contribution in [0.3, 0.4) is 0 Å². The van der Waals surface area contributed by atoms with E-state index in [4.69, 9.17) is 13.7 Å². The Balaban J connectivity index is 1.87. The maximum absolute atomic E-state index is 11.6. The molecule has 128 valence electrons. The second-order valence-corrected chi connectivity index (χ2v) is 7.72. The van der Waals surface area contributed by atoms with Gasteiger partial charge in [0.1, 0.15) is 11.5 Å². The van der Waals surface area contributed by atoms with E-state index in [0.29, 0.717) is 13.2 Å². The summed E-state index contributed by atoms with van der Waals surface area (Å²) in [6.07, 6.45) is -0.0995. The van der Waals surface area contributed by atoms with Gasteiger partial charge >= 0.3 is 10.3 Å². The molecule has 0 aliphatic carbocycles. The van der Waals surface area contributed by atoms with E-state index in [1.165, 1.54) is 7.05 Å². The lowest BCUT2D eigenvalue weighted by Gasteiger charge is -2.38. The highest BCUT2D eigenvalue weighted by atomic mass is 32.2. The van der Waals surface area contributed by atoms with Gasteiger partial charge < -0.3 is 13.7 Å². The zero-order chi connectivity index (χ0) is 16.7. The Bertz CT molecular complexity index is 683. The van der Waals surface area contributed by atoms with Crippen molar-refractivity contribution in [2.75, 3.05) is 33.4 Å². The third-order valence-electron chi connectivity index (χ3n) is 4.33. The summed E-state index contributed by atoms with van der Waals surface area (Å²) in [4.78, 5) is 2.26. The highest BCUT2D eigenvalue weighted by molar-refractivity contribution is 7.85. The van der Waals surface area contributed by atoms with Crippen LogP contribution in [0.4, 0.5) is 0 Å². The summed E-state index contributed by atoms with van der Waals surface area (Å²) >= 11 is 0. The normalized spacial score (nSPS) is 24.0. The molecule has 3 rings (SSSR count). The highest BCUT2D eigenvalue weighted by Crippen LogP contribution is 2.45.